The van der Waals surface area contributed by atoms with Crippen molar-refractivity contribution < 1.29 is 9.53 Å². The summed E-state index contributed by atoms with van der Waals surface area (Å²) in [5.41, 5.74) is 3.09. The third-order valence-corrected chi connectivity index (χ3v) is 3.44. The highest BCUT2D eigenvalue weighted by Crippen LogP contribution is 2.19. The van der Waals surface area contributed by atoms with E-state index in [-0.39, 0.29) is 12.0 Å². The van der Waals surface area contributed by atoms with Gasteiger partial charge in [0.2, 0.25) is 0 Å². The molecular formula is C19H23NO2. The van der Waals surface area contributed by atoms with Crippen LogP contribution in [0.1, 0.15) is 35.3 Å². The molecule has 116 valence electrons. The van der Waals surface area contributed by atoms with E-state index in [9.17, 15) is 4.79 Å². The van der Waals surface area contributed by atoms with Crippen LogP contribution in [0.25, 0.3) is 0 Å². The number of nitrogens with one attached hydrogen (secondary N) is 1. The minimum Gasteiger partial charge on any atom is -0.490 e. The van der Waals surface area contributed by atoms with Crippen LogP contribution in [-0.4, -0.2) is 18.6 Å². The van der Waals surface area contributed by atoms with Gasteiger partial charge in [-0.1, -0.05) is 36.4 Å². The number of amides is 1. The number of aryl methyl sites for hydroxylation is 1. The zero-order valence-corrected chi connectivity index (χ0v) is 13.4. The lowest BCUT2D eigenvalue weighted by Gasteiger charge is -2.14. The molecule has 2 aromatic rings. The molecular weight excluding hydrogens is 274 g/mol. The first-order valence-corrected chi connectivity index (χ1v) is 7.66. The lowest BCUT2D eigenvalue weighted by molar-refractivity contribution is 0.0948. The Hall–Kier alpha value is -2.29. The zero-order valence-electron chi connectivity index (χ0n) is 13.4. The molecule has 22 heavy (non-hydrogen) atoms. The number of hydrogen-bond acceptors (Lipinski definition) is 2. The summed E-state index contributed by atoms with van der Waals surface area (Å²) in [5.74, 6) is 0.538. The standard InChI is InChI=1S/C19H23NO2/c1-14(2)22-18-11-7-6-10-17(18)19(21)20-13-12-16-9-5-4-8-15(16)3/h4-11,14H,12-13H2,1-3H3,(H,20,21). The molecule has 0 aliphatic rings. The number of hydrogen-bond donors (Lipinski definition) is 1. The number of carbonyl (C=O) groups excluding carboxylic acids is 1. The van der Waals surface area contributed by atoms with Crippen molar-refractivity contribution in [3.8, 4) is 5.75 Å². The highest BCUT2D eigenvalue weighted by atomic mass is 16.5. The molecule has 2 aromatic carbocycles. The first kappa shape index (κ1) is 16.1. The van der Waals surface area contributed by atoms with Gasteiger partial charge < -0.3 is 10.1 Å². The monoisotopic (exact) mass is 297 g/mol. The second-order valence-corrected chi connectivity index (χ2v) is 5.60. The smallest absolute Gasteiger partial charge is 0.255 e. The van der Waals surface area contributed by atoms with Crippen LogP contribution in [0.2, 0.25) is 0 Å². The Labute approximate surface area is 132 Å². The van der Waals surface area contributed by atoms with Gasteiger partial charge in [-0.3, -0.25) is 4.79 Å². The van der Waals surface area contributed by atoms with E-state index in [1.165, 1.54) is 11.1 Å². The van der Waals surface area contributed by atoms with Crippen LogP contribution in [0.4, 0.5) is 0 Å². The molecule has 3 nitrogen and oxygen atoms in total. The van der Waals surface area contributed by atoms with Crippen LogP contribution in [0.15, 0.2) is 48.5 Å². The minimum atomic E-state index is -0.0927. The molecule has 0 radical (unpaired) electrons. The van der Waals surface area contributed by atoms with Gasteiger partial charge >= 0.3 is 0 Å². The molecule has 0 saturated carbocycles. The topological polar surface area (TPSA) is 38.3 Å². The molecule has 0 aliphatic carbocycles. The van der Waals surface area contributed by atoms with Gasteiger partial charge in [-0.15, -0.1) is 0 Å². The van der Waals surface area contributed by atoms with Crippen LogP contribution < -0.4 is 10.1 Å². The summed E-state index contributed by atoms with van der Waals surface area (Å²) in [6, 6.07) is 15.6. The van der Waals surface area contributed by atoms with Gasteiger partial charge in [-0.2, -0.15) is 0 Å². The highest BCUT2D eigenvalue weighted by molar-refractivity contribution is 5.96. The van der Waals surface area contributed by atoms with Gasteiger partial charge in [0.25, 0.3) is 5.91 Å². The van der Waals surface area contributed by atoms with Gasteiger partial charge in [0.05, 0.1) is 11.7 Å². The van der Waals surface area contributed by atoms with Crippen molar-refractivity contribution in [2.75, 3.05) is 6.54 Å². The van der Waals surface area contributed by atoms with Crippen LogP contribution in [-0.2, 0) is 6.42 Å². The van der Waals surface area contributed by atoms with Crippen LogP contribution >= 0.6 is 0 Å². The lowest BCUT2D eigenvalue weighted by atomic mass is 10.1. The van der Waals surface area contributed by atoms with E-state index in [0.29, 0.717) is 17.9 Å². The molecule has 0 heterocycles. The van der Waals surface area contributed by atoms with E-state index in [1.807, 2.05) is 44.2 Å². The molecule has 1 N–H and O–H groups in total. The summed E-state index contributed by atoms with van der Waals surface area (Å²) in [5, 5.41) is 2.97. The van der Waals surface area contributed by atoms with E-state index in [4.69, 9.17) is 4.74 Å². The van der Waals surface area contributed by atoms with Gasteiger partial charge in [-0.25, -0.2) is 0 Å². The van der Waals surface area contributed by atoms with Gasteiger partial charge in [-0.05, 0) is 50.5 Å². The first-order chi connectivity index (χ1) is 10.6. The quantitative estimate of drug-likeness (QED) is 0.881. The molecule has 0 aliphatic heterocycles. The molecule has 0 saturated heterocycles. The summed E-state index contributed by atoms with van der Waals surface area (Å²) < 4.78 is 5.69. The van der Waals surface area contributed by atoms with Gasteiger partial charge in [0.1, 0.15) is 5.75 Å². The molecule has 0 unspecified atom stereocenters. The fourth-order valence-electron chi connectivity index (χ4n) is 2.31. The maximum absolute atomic E-state index is 12.3. The number of para-hydroxylation sites is 1. The first-order valence-electron chi connectivity index (χ1n) is 7.66. The highest BCUT2D eigenvalue weighted by Gasteiger charge is 2.12. The molecule has 0 atom stereocenters. The van der Waals surface area contributed by atoms with Crippen molar-refractivity contribution in [2.45, 2.75) is 33.3 Å². The molecule has 1 amide bonds. The molecule has 2 rings (SSSR count). The summed E-state index contributed by atoms with van der Waals surface area (Å²) in [7, 11) is 0. The van der Waals surface area contributed by atoms with Crippen molar-refractivity contribution in [3.63, 3.8) is 0 Å². The third-order valence-electron chi connectivity index (χ3n) is 3.44. The SMILES string of the molecule is Cc1ccccc1CCNC(=O)c1ccccc1OC(C)C. The molecule has 0 aromatic heterocycles. The Morgan fingerprint density at radius 3 is 2.50 bits per heavy atom. The van der Waals surface area contributed by atoms with Crippen molar-refractivity contribution in [3.05, 3.63) is 65.2 Å². The van der Waals surface area contributed by atoms with Gasteiger partial charge in [0, 0.05) is 6.54 Å². The van der Waals surface area contributed by atoms with Crippen LogP contribution in [0, 0.1) is 6.92 Å². The van der Waals surface area contributed by atoms with E-state index in [0.717, 1.165) is 6.42 Å². The maximum atomic E-state index is 12.3. The fraction of sp³-hybridized carbons (Fsp3) is 0.316. The fourth-order valence-corrected chi connectivity index (χ4v) is 2.31. The lowest BCUT2D eigenvalue weighted by Crippen LogP contribution is -2.26. The Morgan fingerprint density at radius 2 is 1.77 bits per heavy atom. The molecule has 0 bridgehead atoms. The summed E-state index contributed by atoms with van der Waals surface area (Å²) in [6.45, 7) is 6.60. The average Bonchev–Trinajstić information content (AvgIpc) is 2.49. The molecule has 3 heteroatoms. The second kappa shape index (κ2) is 7.64. The zero-order chi connectivity index (χ0) is 15.9. The minimum absolute atomic E-state index is 0.0425. The van der Waals surface area contributed by atoms with E-state index < -0.39 is 0 Å². The normalized spacial score (nSPS) is 10.5. The van der Waals surface area contributed by atoms with Crippen LogP contribution in [0.5, 0.6) is 5.75 Å². The predicted molar refractivity (Wildman–Crippen MR) is 89.4 cm³/mol. The Bertz CT molecular complexity index is 635. The summed E-state index contributed by atoms with van der Waals surface area (Å²) in [6.07, 6.45) is 0.868. The average molecular weight is 297 g/mol. The van der Waals surface area contributed by atoms with Crippen molar-refractivity contribution in [2.24, 2.45) is 0 Å². The molecule has 0 spiro atoms. The Kier molecular flexibility index (Phi) is 5.59. The van der Waals surface area contributed by atoms with E-state index in [2.05, 4.69) is 24.4 Å². The second-order valence-electron chi connectivity index (χ2n) is 5.60. The Morgan fingerprint density at radius 1 is 1.09 bits per heavy atom. The number of benzene rings is 2. The number of rotatable bonds is 6. The van der Waals surface area contributed by atoms with Crippen molar-refractivity contribution in [1.29, 1.82) is 0 Å². The predicted octanol–water partition coefficient (Wildman–Crippen LogP) is 3.75. The van der Waals surface area contributed by atoms with Gasteiger partial charge in [0.15, 0.2) is 0 Å². The van der Waals surface area contributed by atoms with Crippen molar-refractivity contribution >= 4 is 5.91 Å². The van der Waals surface area contributed by atoms with E-state index in [1.54, 1.807) is 6.07 Å². The number of carbonyl (C=O) groups is 1. The molecule has 0 fully saturated rings. The summed E-state index contributed by atoms with van der Waals surface area (Å²) in [4.78, 5) is 12.3. The van der Waals surface area contributed by atoms with E-state index >= 15 is 0 Å². The maximum Gasteiger partial charge on any atom is 0.255 e. The Balaban J connectivity index is 1.97. The largest absolute Gasteiger partial charge is 0.490 e. The number of ether oxygens (including phenoxy) is 1. The third kappa shape index (κ3) is 4.35. The van der Waals surface area contributed by atoms with Crippen molar-refractivity contribution in [1.82, 2.24) is 5.32 Å². The summed E-state index contributed by atoms with van der Waals surface area (Å²) >= 11 is 0. The van der Waals surface area contributed by atoms with Crippen LogP contribution in [0.3, 0.4) is 0 Å².